The number of aromatic nitrogens is 1. The number of sulfone groups is 1. The zero-order valence-electron chi connectivity index (χ0n) is 21.1. The molecule has 3 saturated heterocycles. The lowest BCUT2D eigenvalue weighted by Gasteiger charge is -2.38. The molecule has 0 saturated carbocycles. The Balaban J connectivity index is 1.51. The standard InChI is InChI=1S/C26H27N5O4S3/c1-17-20(14-22-25(33)31(26(36)37-22)19-8-13-38(34,35)16-19)23(28(2)24(32)21(17)15-27)30-11-9-29(10-12-30)18-6-4-3-5-7-18/h3-7,14,19H,8-13,16H2,1-2H3/b22-14-. The van der Waals surface area contributed by atoms with Crippen LogP contribution in [0, 0.1) is 18.3 Å². The third-order valence-electron chi connectivity index (χ3n) is 7.34. The highest BCUT2D eigenvalue weighted by Gasteiger charge is 2.42. The minimum atomic E-state index is -3.20. The van der Waals surface area contributed by atoms with Crippen LogP contribution in [0.5, 0.6) is 0 Å². The summed E-state index contributed by atoms with van der Waals surface area (Å²) in [5.41, 5.74) is 1.91. The maximum absolute atomic E-state index is 13.4. The number of rotatable bonds is 4. The van der Waals surface area contributed by atoms with Crippen molar-refractivity contribution in [3.63, 3.8) is 0 Å². The largest absolute Gasteiger partial charge is 0.368 e. The van der Waals surface area contributed by atoms with E-state index in [0.29, 0.717) is 45.7 Å². The second-order valence-electron chi connectivity index (χ2n) is 9.63. The third-order valence-corrected chi connectivity index (χ3v) is 10.4. The fraction of sp³-hybridized carbons (Fsp3) is 0.385. The summed E-state index contributed by atoms with van der Waals surface area (Å²) in [5.74, 6) is 0.251. The van der Waals surface area contributed by atoms with E-state index in [1.165, 1.54) is 9.47 Å². The predicted octanol–water partition coefficient (Wildman–Crippen LogP) is 2.28. The van der Waals surface area contributed by atoms with Crippen molar-refractivity contribution in [2.24, 2.45) is 7.05 Å². The molecule has 2 aromatic rings. The molecular formula is C26H27N5O4S3. The molecule has 5 rings (SSSR count). The Kier molecular flexibility index (Phi) is 7.11. The number of nitriles is 1. The Morgan fingerprint density at radius 2 is 1.76 bits per heavy atom. The number of thioether (sulfide) groups is 1. The first-order valence-electron chi connectivity index (χ1n) is 12.3. The van der Waals surface area contributed by atoms with Crippen LogP contribution in [0.1, 0.15) is 23.1 Å². The summed E-state index contributed by atoms with van der Waals surface area (Å²) in [6.07, 6.45) is 2.06. The van der Waals surface area contributed by atoms with Crippen molar-refractivity contribution in [3.05, 3.63) is 62.3 Å². The first-order chi connectivity index (χ1) is 18.1. The number of piperazine rings is 1. The highest BCUT2D eigenvalue weighted by Crippen LogP contribution is 2.38. The van der Waals surface area contributed by atoms with Crippen LogP contribution in [0.3, 0.4) is 0 Å². The van der Waals surface area contributed by atoms with Gasteiger partial charge in [-0.05, 0) is 37.1 Å². The van der Waals surface area contributed by atoms with Gasteiger partial charge in [0.2, 0.25) is 0 Å². The molecule has 4 heterocycles. The lowest BCUT2D eigenvalue weighted by molar-refractivity contribution is -0.123. The summed E-state index contributed by atoms with van der Waals surface area (Å²) in [4.78, 5) is 32.7. The molecule has 1 atom stereocenters. The van der Waals surface area contributed by atoms with Gasteiger partial charge >= 0.3 is 0 Å². The highest BCUT2D eigenvalue weighted by atomic mass is 32.2. The Hall–Kier alpha value is -3.14. The average molecular weight is 570 g/mol. The Bertz CT molecular complexity index is 1550. The molecule has 3 aliphatic heterocycles. The van der Waals surface area contributed by atoms with Gasteiger partial charge in [-0.1, -0.05) is 42.2 Å². The number of hydrogen-bond donors (Lipinski definition) is 0. The quantitative estimate of drug-likeness (QED) is 0.405. The molecule has 1 aromatic carbocycles. The monoisotopic (exact) mass is 569 g/mol. The first-order valence-corrected chi connectivity index (χ1v) is 15.3. The number of carbonyl (C=O) groups excluding carboxylic acids is 1. The van der Waals surface area contributed by atoms with Crippen LogP contribution in [-0.4, -0.2) is 71.8 Å². The number of carbonyl (C=O) groups is 1. The summed E-state index contributed by atoms with van der Waals surface area (Å²) in [5, 5.41) is 9.74. The van der Waals surface area contributed by atoms with Crippen molar-refractivity contribution in [2.45, 2.75) is 19.4 Å². The van der Waals surface area contributed by atoms with Crippen LogP contribution < -0.4 is 15.4 Å². The van der Waals surface area contributed by atoms with Gasteiger partial charge in [-0.15, -0.1) is 0 Å². The lowest BCUT2D eigenvalue weighted by Crippen LogP contribution is -2.48. The van der Waals surface area contributed by atoms with E-state index in [9.17, 15) is 23.3 Å². The van der Waals surface area contributed by atoms with Crippen molar-refractivity contribution in [3.8, 4) is 6.07 Å². The second kappa shape index (κ2) is 10.2. The SMILES string of the molecule is Cc1c(/C=C2\SC(=S)N(C3CCS(=O)(=O)C3)C2=O)c(N2CCN(c3ccccc3)CC2)n(C)c(=O)c1C#N. The first kappa shape index (κ1) is 26.5. The molecule has 38 heavy (non-hydrogen) atoms. The van der Waals surface area contributed by atoms with Gasteiger partial charge in [0, 0.05) is 44.5 Å². The normalized spacial score (nSPS) is 22.4. The van der Waals surface area contributed by atoms with E-state index in [4.69, 9.17) is 12.2 Å². The van der Waals surface area contributed by atoms with Gasteiger partial charge in [-0.25, -0.2) is 8.42 Å². The predicted molar refractivity (Wildman–Crippen MR) is 154 cm³/mol. The highest BCUT2D eigenvalue weighted by molar-refractivity contribution is 8.26. The summed E-state index contributed by atoms with van der Waals surface area (Å²) < 4.78 is 25.9. The molecule has 3 fully saturated rings. The molecule has 1 amide bonds. The van der Waals surface area contributed by atoms with Gasteiger partial charge in [0.15, 0.2) is 9.84 Å². The van der Waals surface area contributed by atoms with Crippen molar-refractivity contribution < 1.29 is 13.2 Å². The maximum Gasteiger partial charge on any atom is 0.270 e. The van der Waals surface area contributed by atoms with E-state index in [0.717, 1.165) is 30.5 Å². The van der Waals surface area contributed by atoms with Gasteiger partial charge in [0.1, 0.15) is 21.8 Å². The van der Waals surface area contributed by atoms with Crippen LogP contribution >= 0.6 is 24.0 Å². The summed E-state index contributed by atoms with van der Waals surface area (Å²) in [6, 6.07) is 11.7. The Morgan fingerprint density at radius 3 is 2.37 bits per heavy atom. The van der Waals surface area contributed by atoms with Crippen molar-refractivity contribution in [1.29, 1.82) is 5.26 Å². The fourth-order valence-electron chi connectivity index (χ4n) is 5.31. The van der Waals surface area contributed by atoms with Crippen LogP contribution in [0.15, 0.2) is 40.0 Å². The van der Waals surface area contributed by atoms with Crippen LogP contribution in [0.25, 0.3) is 6.08 Å². The fourth-order valence-corrected chi connectivity index (χ4v) is 8.40. The Labute approximate surface area is 231 Å². The van der Waals surface area contributed by atoms with Gasteiger partial charge in [0.25, 0.3) is 11.5 Å². The van der Waals surface area contributed by atoms with Crippen molar-refractivity contribution >= 4 is 61.6 Å². The van der Waals surface area contributed by atoms with Crippen LogP contribution in [0.4, 0.5) is 11.5 Å². The topological polar surface area (TPSA) is 107 Å². The van der Waals surface area contributed by atoms with Gasteiger partial charge in [-0.3, -0.25) is 19.1 Å². The van der Waals surface area contributed by atoms with Crippen molar-refractivity contribution in [1.82, 2.24) is 9.47 Å². The second-order valence-corrected chi connectivity index (χ2v) is 13.5. The molecular weight excluding hydrogens is 543 g/mol. The number of nitrogens with zero attached hydrogens (tertiary/aromatic N) is 5. The number of anilines is 2. The van der Waals surface area contributed by atoms with Crippen molar-refractivity contribution in [2.75, 3.05) is 47.5 Å². The van der Waals surface area contributed by atoms with Crippen LogP contribution in [0.2, 0.25) is 0 Å². The van der Waals surface area contributed by atoms with Gasteiger partial charge in [0.05, 0.1) is 22.5 Å². The van der Waals surface area contributed by atoms with E-state index in [2.05, 4.69) is 21.9 Å². The number of amides is 1. The van der Waals surface area contributed by atoms with E-state index < -0.39 is 15.9 Å². The maximum atomic E-state index is 13.4. The van der Waals surface area contributed by atoms with E-state index in [1.807, 2.05) is 24.3 Å². The summed E-state index contributed by atoms with van der Waals surface area (Å²) in [6.45, 7) is 4.51. The van der Waals surface area contributed by atoms with Crippen LogP contribution in [-0.2, 0) is 21.7 Å². The van der Waals surface area contributed by atoms with E-state index in [1.54, 1.807) is 20.0 Å². The molecule has 9 nitrogen and oxygen atoms in total. The lowest BCUT2D eigenvalue weighted by atomic mass is 10.0. The summed E-state index contributed by atoms with van der Waals surface area (Å²) in [7, 11) is -1.55. The van der Waals surface area contributed by atoms with Gasteiger partial charge < -0.3 is 9.80 Å². The molecule has 198 valence electrons. The number of thiocarbonyl (C=S) groups is 1. The molecule has 12 heteroatoms. The number of para-hydroxylation sites is 1. The minimum Gasteiger partial charge on any atom is -0.368 e. The van der Waals surface area contributed by atoms with E-state index in [-0.39, 0.29) is 28.5 Å². The number of benzene rings is 1. The molecule has 0 N–H and O–H groups in total. The molecule has 0 radical (unpaired) electrons. The van der Waals surface area contributed by atoms with E-state index >= 15 is 0 Å². The molecule has 3 aliphatic rings. The molecule has 1 aromatic heterocycles. The molecule has 1 unspecified atom stereocenters. The average Bonchev–Trinajstić information content (AvgIpc) is 3.40. The minimum absolute atomic E-state index is 0.0304. The number of pyridine rings is 1. The molecule has 0 bridgehead atoms. The number of hydrogen-bond acceptors (Lipinski definition) is 9. The Morgan fingerprint density at radius 1 is 1.11 bits per heavy atom. The molecule has 0 spiro atoms. The zero-order chi connectivity index (χ0) is 27.2. The molecule has 0 aliphatic carbocycles. The smallest absolute Gasteiger partial charge is 0.270 e. The zero-order valence-corrected chi connectivity index (χ0v) is 23.5. The van der Waals surface area contributed by atoms with Gasteiger partial charge in [-0.2, -0.15) is 5.26 Å². The third kappa shape index (κ3) is 4.74. The summed E-state index contributed by atoms with van der Waals surface area (Å²) >= 11 is 6.60.